The molecule has 1 saturated heterocycles. The van der Waals surface area contributed by atoms with Gasteiger partial charge in [-0.2, -0.15) is 4.72 Å². The van der Waals surface area contributed by atoms with Gasteiger partial charge in [-0.3, -0.25) is 4.79 Å². The van der Waals surface area contributed by atoms with Crippen LogP contribution < -0.4 is 14.4 Å². The van der Waals surface area contributed by atoms with E-state index in [2.05, 4.69) is 9.62 Å². The van der Waals surface area contributed by atoms with E-state index in [1.807, 2.05) is 61.5 Å². The van der Waals surface area contributed by atoms with Gasteiger partial charge in [-0.25, -0.2) is 8.42 Å². The van der Waals surface area contributed by atoms with Gasteiger partial charge in [0, 0.05) is 31.9 Å². The Balaban J connectivity index is 1.48. The lowest BCUT2D eigenvalue weighted by Gasteiger charge is -2.37. The van der Waals surface area contributed by atoms with E-state index in [4.69, 9.17) is 4.74 Å². The second kappa shape index (κ2) is 10.9. The number of hydrogen-bond donors (Lipinski definition) is 1. The van der Waals surface area contributed by atoms with E-state index in [-0.39, 0.29) is 17.2 Å². The fourth-order valence-corrected chi connectivity index (χ4v) is 5.39. The number of amides is 1. The largest absolute Gasteiger partial charge is 0.497 e. The Morgan fingerprint density at radius 3 is 2.14 bits per heavy atom. The number of nitrogens with zero attached hydrogens (tertiary/aromatic N) is 2. The predicted octanol–water partition coefficient (Wildman–Crippen LogP) is 3.24. The van der Waals surface area contributed by atoms with E-state index in [0.29, 0.717) is 26.2 Å². The van der Waals surface area contributed by atoms with Gasteiger partial charge >= 0.3 is 0 Å². The summed E-state index contributed by atoms with van der Waals surface area (Å²) in [6, 6.07) is 23.1. The lowest BCUT2D eigenvalue weighted by molar-refractivity contribution is -0.133. The summed E-state index contributed by atoms with van der Waals surface area (Å²) < 4.78 is 34.2. The molecule has 0 radical (unpaired) electrons. The summed E-state index contributed by atoms with van der Waals surface area (Å²) in [6.45, 7) is 4.27. The molecule has 0 spiro atoms. The number of carbonyl (C=O) groups is 1. The quantitative estimate of drug-likeness (QED) is 0.521. The van der Waals surface area contributed by atoms with Crippen molar-refractivity contribution in [3.8, 4) is 5.75 Å². The Hall–Kier alpha value is -3.36. The van der Waals surface area contributed by atoms with Crippen molar-refractivity contribution in [1.82, 2.24) is 9.62 Å². The maximum absolute atomic E-state index is 13.6. The van der Waals surface area contributed by atoms with Crippen LogP contribution in [-0.4, -0.2) is 58.6 Å². The molecule has 1 amide bonds. The molecule has 0 aliphatic carbocycles. The maximum atomic E-state index is 13.6. The Labute approximate surface area is 207 Å². The van der Waals surface area contributed by atoms with Gasteiger partial charge in [0.25, 0.3) is 0 Å². The van der Waals surface area contributed by atoms with E-state index in [0.717, 1.165) is 22.6 Å². The smallest absolute Gasteiger partial charge is 0.241 e. The van der Waals surface area contributed by atoms with Gasteiger partial charge in [-0.1, -0.05) is 48.0 Å². The third-order valence-corrected chi connectivity index (χ3v) is 7.73. The van der Waals surface area contributed by atoms with Crippen molar-refractivity contribution in [1.29, 1.82) is 0 Å². The Morgan fingerprint density at radius 1 is 0.914 bits per heavy atom. The minimum absolute atomic E-state index is 0.151. The highest BCUT2D eigenvalue weighted by Gasteiger charge is 2.31. The van der Waals surface area contributed by atoms with Crippen molar-refractivity contribution in [3.05, 3.63) is 90.0 Å². The standard InChI is InChI=1S/C27H31N3O4S/c1-21-8-14-25(15-9-21)35(32,33)28-26(20-22-6-4-3-5-7-22)27(31)30-18-16-29(17-19-30)23-10-12-24(34-2)13-11-23/h3-15,26,28H,16-20H2,1-2H3/t26-/m1/s1. The van der Waals surface area contributed by atoms with Crippen LogP contribution in [0.5, 0.6) is 5.75 Å². The second-order valence-corrected chi connectivity index (χ2v) is 10.4. The molecule has 8 heteroatoms. The molecule has 1 fully saturated rings. The number of hydrogen-bond acceptors (Lipinski definition) is 5. The Morgan fingerprint density at radius 2 is 1.54 bits per heavy atom. The third-order valence-electron chi connectivity index (χ3n) is 6.24. The number of piperazine rings is 1. The summed E-state index contributed by atoms with van der Waals surface area (Å²) in [5, 5.41) is 0. The molecule has 1 atom stereocenters. The second-order valence-electron chi connectivity index (χ2n) is 8.69. The minimum atomic E-state index is -3.86. The minimum Gasteiger partial charge on any atom is -0.497 e. The molecule has 1 aliphatic rings. The van der Waals surface area contributed by atoms with E-state index in [9.17, 15) is 13.2 Å². The highest BCUT2D eigenvalue weighted by atomic mass is 32.2. The summed E-state index contributed by atoms with van der Waals surface area (Å²) in [6.07, 6.45) is 0.281. The van der Waals surface area contributed by atoms with Crippen LogP contribution in [-0.2, 0) is 21.2 Å². The first kappa shape index (κ1) is 24.8. The SMILES string of the molecule is COc1ccc(N2CCN(C(=O)[C@@H](Cc3ccccc3)NS(=O)(=O)c3ccc(C)cc3)CC2)cc1. The molecule has 3 aromatic carbocycles. The number of ether oxygens (including phenoxy) is 1. The molecule has 35 heavy (non-hydrogen) atoms. The predicted molar refractivity (Wildman–Crippen MR) is 137 cm³/mol. The summed E-state index contributed by atoms with van der Waals surface area (Å²) in [7, 11) is -2.22. The van der Waals surface area contributed by atoms with Gasteiger partial charge in [-0.15, -0.1) is 0 Å². The van der Waals surface area contributed by atoms with Crippen molar-refractivity contribution in [2.75, 3.05) is 38.2 Å². The van der Waals surface area contributed by atoms with Gasteiger partial charge in [0.05, 0.1) is 12.0 Å². The molecule has 0 bridgehead atoms. The molecule has 1 heterocycles. The van der Waals surface area contributed by atoms with E-state index < -0.39 is 16.1 Å². The molecule has 1 N–H and O–H groups in total. The molecular formula is C27H31N3O4S. The van der Waals surface area contributed by atoms with Crippen molar-refractivity contribution >= 4 is 21.6 Å². The molecule has 0 unspecified atom stereocenters. The fourth-order valence-electron chi connectivity index (χ4n) is 4.20. The number of anilines is 1. The van der Waals surface area contributed by atoms with Crippen molar-refractivity contribution in [2.45, 2.75) is 24.3 Å². The van der Waals surface area contributed by atoms with Crippen molar-refractivity contribution < 1.29 is 17.9 Å². The number of carbonyl (C=O) groups excluding carboxylic acids is 1. The topological polar surface area (TPSA) is 79.0 Å². The van der Waals surface area contributed by atoms with Crippen LogP contribution in [0.1, 0.15) is 11.1 Å². The summed E-state index contributed by atoms with van der Waals surface area (Å²) >= 11 is 0. The van der Waals surface area contributed by atoms with E-state index in [1.54, 1.807) is 36.3 Å². The summed E-state index contributed by atoms with van der Waals surface area (Å²) in [5.74, 6) is 0.589. The maximum Gasteiger partial charge on any atom is 0.241 e. The van der Waals surface area contributed by atoms with E-state index in [1.165, 1.54) is 0 Å². The fraction of sp³-hybridized carbons (Fsp3) is 0.296. The van der Waals surface area contributed by atoms with Gasteiger partial charge in [0.2, 0.25) is 15.9 Å². The van der Waals surface area contributed by atoms with Gasteiger partial charge in [0.1, 0.15) is 11.8 Å². The van der Waals surface area contributed by atoms with Crippen molar-refractivity contribution in [2.24, 2.45) is 0 Å². The molecule has 184 valence electrons. The first-order valence-corrected chi connectivity index (χ1v) is 13.1. The normalized spacial score (nSPS) is 15.0. The molecule has 7 nitrogen and oxygen atoms in total. The lowest BCUT2D eigenvalue weighted by atomic mass is 10.1. The van der Waals surface area contributed by atoms with Crippen LogP contribution >= 0.6 is 0 Å². The summed E-state index contributed by atoms with van der Waals surface area (Å²) in [4.78, 5) is 17.7. The zero-order chi connectivity index (χ0) is 24.8. The van der Waals surface area contributed by atoms with Crippen LogP contribution in [0.4, 0.5) is 5.69 Å². The third kappa shape index (κ3) is 6.21. The number of nitrogens with one attached hydrogen (secondary N) is 1. The monoisotopic (exact) mass is 493 g/mol. The van der Waals surface area contributed by atoms with E-state index >= 15 is 0 Å². The van der Waals surface area contributed by atoms with Crippen LogP contribution in [0.2, 0.25) is 0 Å². The van der Waals surface area contributed by atoms with Crippen LogP contribution in [0.3, 0.4) is 0 Å². The molecule has 0 saturated carbocycles. The number of benzene rings is 3. The van der Waals surface area contributed by atoms with Gasteiger partial charge in [-0.05, 0) is 55.3 Å². The van der Waals surface area contributed by atoms with Crippen LogP contribution in [0.15, 0.2) is 83.8 Å². The van der Waals surface area contributed by atoms with Gasteiger partial charge < -0.3 is 14.5 Å². The molecule has 1 aliphatic heterocycles. The lowest BCUT2D eigenvalue weighted by Crippen LogP contribution is -2.55. The van der Waals surface area contributed by atoms with Gasteiger partial charge in [0.15, 0.2) is 0 Å². The number of methoxy groups -OCH3 is 1. The van der Waals surface area contributed by atoms with Crippen LogP contribution in [0.25, 0.3) is 0 Å². The molecule has 4 rings (SSSR count). The number of sulfonamides is 1. The first-order valence-electron chi connectivity index (χ1n) is 11.7. The zero-order valence-corrected chi connectivity index (χ0v) is 20.9. The number of rotatable bonds is 8. The van der Waals surface area contributed by atoms with Crippen molar-refractivity contribution in [3.63, 3.8) is 0 Å². The molecule has 0 aromatic heterocycles. The van der Waals surface area contributed by atoms with Crippen LogP contribution in [0, 0.1) is 6.92 Å². The highest BCUT2D eigenvalue weighted by molar-refractivity contribution is 7.89. The zero-order valence-electron chi connectivity index (χ0n) is 20.1. The first-order chi connectivity index (χ1) is 16.9. The average molecular weight is 494 g/mol. The average Bonchev–Trinajstić information content (AvgIpc) is 2.89. The molecule has 3 aromatic rings. The Kier molecular flexibility index (Phi) is 7.73. The highest BCUT2D eigenvalue weighted by Crippen LogP contribution is 2.21. The molecular weight excluding hydrogens is 462 g/mol. The summed E-state index contributed by atoms with van der Waals surface area (Å²) in [5.41, 5.74) is 2.93. The number of aryl methyl sites for hydroxylation is 1. The Bertz CT molecular complexity index is 1220.